The lowest BCUT2D eigenvalue weighted by Crippen LogP contribution is -2.13. The van der Waals surface area contributed by atoms with E-state index in [9.17, 15) is 0 Å². The molecule has 17 heavy (non-hydrogen) atoms. The van der Waals surface area contributed by atoms with Crippen LogP contribution in [0.3, 0.4) is 0 Å². The highest BCUT2D eigenvalue weighted by Gasteiger charge is 2.16. The first-order chi connectivity index (χ1) is 10.1. The summed E-state index contributed by atoms with van der Waals surface area (Å²) in [5, 5.41) is 0. The minimum absolute atomic E-state index is 0.0760. The molecule has 0 aliphatic carbocycles. The minimum Gasteiger partial charge on any atom is -0.0622 e. The summed E-state index contributed by atoms with van der Waals surface area (Å²) in [6, 6.07) is 4.42. The van der Waals surface area contributed by atoms with Crippen LogP contribution in [0, 0.1) is 6.92 Å². The molecule has 0 saturated heterocycles. The molecule has 0 nitrogen and oxygen atoms in total. The van der Waals surface area contributed by atoms with Crippen LogP contribution >= 0.6 is 0 Å². The largest absolute Gasteiger partial charge is 0.0629 e. The van der Waals surface area contributed by atoms with E-state index in [1.165, 1.54) is 0 Å². The van der Waals surface area contributed by atoms with Crippen molar-refractivity contribution in [3.63, 3.8) is 0 Å². The van der Waals surface area contributed by atoms with Gasteiger partial charge in [-0.2, -0.15) is 0 Å². The van der Waals surface area contributed by atoms with Crippen LogP contribution in [0.25, 0.3) is 11.1 Å². The minimum atomic E-state index is -0.359. The molecule has 2 aromatic rings. The summed E-state index contributed by atoms with van der Waals surface area (Å²) >= 11 is 0. The van der Waals surface area contributed by atoms with Gasteiger partial charge < -0.3 is 0 Å². The Balaban J connectivity index is 2.79. The van der Waals surface area contributed by atoms with E-state index >= 15 is 0 Å². The predicted octanol–water partition coefficient (Wildman–Crippen LogP) is 4.96. The van der Waals surface area contributed by atoms with Gasteiger partial charge in [0.15, 0.2) is 0 Å². The van der Waals surface area contributed by atoms with E-state index in [1.807, 2.05) is 25.1 Å². The van der Waals surface area contributed by atoms with Crippen molar-refractivity contribution in [1.82, 2.24) is 0 Å². The summed E-state index contributed by atoms with van der Waals surface area (Å²) in [6.45, 7) is 8.31. The lowest BCUT2D eigenvalue weighted by atomic mass is 9.82. The highest BCUT2D eigenvalue weighted by Crippen LogP contribution is 2.30. The van der Waals surface area contributed by atoms with Crippen LogP contribution in [-0.4, -0.2) is 0 Å². The third-order valence-electron chi connectivity index (χ3n) is 2.83. The van der Waals surface area contributed by atoms with Crippen LogP contribution in [0.15, 0.2) is 48.4 Å². The number of rotatable bonds is 1. The van der Waals surface area contributed by atoms with Crippen LogP contribution in [0.4, 0.5) is 0 Å². The molecule has 2 aromatic carbocycles. The fourth-order valence-corrected chi connectivity index (χ4v) is 1.98. The normalized spacial score (nSPS) is 15.6. The molecule has 0 saturated carbocycles. The van der Waals surface area contributed by atoms with Gasteiger partial charge in [0.25, 0.3) is 0 Å². The van der Waals surface area contributed by atoms with Crippen molar-refractivity contribution < 1.29 is 6.85 Å². The smallest absolute Gasteiger partial charge is 0.0622 e. The third-order valence-corrected chi connectivity index (χ3v) is 2.83. The van der Waals surface area contributed by atoms with Gasteiger partial charge in [-0.1, -0.05) is 69.2 Å². The first kappa shape index (κ1) is 7.00. The molecule has 0 fully saturated rings. The SMILES string of the molecule is [2H]c1c([2H])c([2H])c(-c2ccc(C)c(C(C)(C)C)c2)c([2H])c1[2H]. The Kier molecular flexibility index (Phi) is 1.80. The Labute approximate surface area is 111 Å². The van der Waals surface area contributed by atoms with Crippen molar-refractivity contribution in [2.24, 2.45) is 0 Å². The van der Waals surface area contributed by atoms with Gasteiger partial charge in [-0.05, 0) is 34.6 Å². The standard InChI is InChI=1S/C17H20/c1-13-10-11-15(12-16(13)17(2,3)4)14-8-6-5-7-9-14/h5-12H,1-4H3/i5D,6D,7D,8D,9D. The van der Waals surface area contributed by atoms with Crippen molar-refractivity contribution >= 4 is 0 Å². The molecule has 0 amide bonds. The summed E-state index contributed by atoms with van der Waals surface area (Å²) in [5.41, 5.74) is 3.08. The second-order valence-corrected chi connectivity index (χ2v) is 5.28. The molecule has 0 heterocycles. The molecule has 0 aliphatic heterocycles. The number of hydrogen-bond acceptors (Lipinski definition) is 0. The maximum atomic E-state index is 8.08. The van der Waals surface area contributed by atoms with Crippen molar-refractivity contribution in [3.05, 3.63) is 59.5 Å². The van der Waals surface area contributed by atoms with E-state index in [4.69, 9.17) is 6.85 Å². The van der Waals surface area contributed by atoms with E-state index in [0.29, 0.717) is 5.56 Å². The maximum absolute atomic E-state index is 8.08. The molecule has 0 atom stereocenters. The maximum Gasteiger partial charge on any atom is 0.0629 e. The van der Waals surface area contributed by atoms with Crippen LogP contribution < -0.4 is 0 Å². The Morgan fingerprint density at radius 2 is 1.59 bits per heavy atom. The average Bonchev–Trinajstić information content (AvgIpc) is 2.43. The average molecular weight is 229 g/mol. The number of benzene rings is 2. The monoisotopic (exact) mass is 229 g/mol. The van der Waals surface area contributed by atoms with Crippen molar-refractivity contribution in [2.45, 2.75) is 33.1 Å². The summed E-state index contributed by atoms with van der Waals surface area (Å²) in [6.07, 6.45) is 0. The van der Waals surface area contributed by atoms with Crippen LogP contribution in [0.1, 0.15) is 38.8 Å². The summed E-state index contributed by atoms with van der Waals surface area (Å²) in [7, 11) is 0. The van der Waals surface area contributed by atoms with Gasteiger partial charge in [0, 0.05) is 0 Å². The van der Waals surface area contributed by atoms with Crippen LogP contribution in [-0.2, 0) is 5.41 Å². The van der Waals surface area contributed by atoms with Gasteiger partial charge in [-0.25, -0.2) is 0 Å². The molecule has 2 rings (SSSR count). The summed E-state index contributed by atoms with van der Waals surface area (Å²) < 4.78 is 39.4. The predicted molar refractivity (Wildman–Crippen MR) is 75.3 cm³/mol. The zero-order valence-corrected chi connectivity index (χ0v) is 10.7. The van der Waals surface area contributed by atoms with E-state index < -0.39 is 0 Å². The summed E-state index contributed by atoms with van der Waals surface area (Å²) in [4.78, 5) is 0. The molecule has 0 spiro atoms. The highest BCUT2D eigenvalue weighted by atomic mass is 14.2. The van der Waals surface area contributed by atoms with Gasteiger partial charge in [0.1, 0.15) is 0 Å². The first-order valence-corrected chi connectivity index (χ1v) is 5.74. The molecular formula is C17H20. The van der Waals surface area contributed by atoms with E-state index in [-0.39, 0.29) is 41.2 Å². The number of hydrogen-bond donors (Lipinski definition) is 0. The van der Waals surface area contributed by atoms with Crippen molar-refractivity contribution in [3.8, 4) is 11.1 Å². The van der Waals surface area contributed by atoms with Gasteiger partial charge in [0.2, 0.25) is 0 Å². The second-order valence-electron chi connectivity index (χ2n) is 5.28. The highest BCUT2D eigenvalue weighted by molar-refractivity contribution is 5.65. The van der Waals surface area contributed by atoms with E-state index in [1.54, 1.807) is 0 Å². The molecular weight excluding hydrogens is 204 g/mol. The Morgan fingerprint density at radius 1 is 0.941 bits per heavy atom. The second kappa shape index (κ2) is 4.37. The number of aryl methyl sites for hydroxylation is 1. The van der Waals surface area contributed by atoms with E-state index in [0.717, 1.165) is 11.1 Å². The Bertz CT molecular complexity index is 713. The first-order valence-electron chi connectivity index (χ1n) is 8.24. The molecule has 0 aromatic heterocycles. The van der Waals surface area contributed by atoms with Gasteiger partial charge in [0.05, 0.1) is 6.85 Å². The van der Waals surface area contributed by atoms with Crippen LogP contribution in [0.5, 0.6) is 0 Å². The van der Waals surface area contributed by atoms with Crippen molar-refractivity contribution in [1.29, 1.82) is 0 Å². The third kappa shape index (κ3) is 2.58. The quantitative estimate of drug-likeness (QED) is 0.648. The Hall–Kier alpha value is -1.56. The lowest BCUT2D eigenvalue weighted by Gasteiger charge is -2.22. The molecule has 0 bridgehead atoms. The summed E-state index contributed by atoms with van der Waals surface area (Å²) in [5.74, 6) is 0. The molecule has 0 N–H and O–H groups in total. The Morgan fingerprint density at radius 3 is 2.18 bits per heavy atom. The fourth-order valence-electron chi connectivity index (χ4n) is 1.98. The fraction of sp³-hybridized carbons (Fsp3) is 0.294. The molecule has 0 aliphatic rings. The zero-order chi connectivity index (χ0) is 16.8. The molecule has 88 valence electrons. The van der Waals surface area contributed by atoms with Gasteiger partial charge >= 0.3 is 0 Å². The topological polar surface area (TPSA) is 0 Å². The van der Waals surface area contributed by atoms with Crippen LogP contribution in [0.2, 0.25) is 0 Å². The van der Waals surface area contributed by atoms with Gasteiger partial charge in [-0.3, -0.25) is 0 Å². The van der Waals surface area contributed by atoms with Gasteiger partial charge in [-0.15, -0.1) is 0 Å². The van der Waals surface area contributed by atoms with E-state index in [2.05, 4.69) is 20.8 Å². The zero-order valence-electron chi connectivity index (χ0n) is 15.7. The molecule has 0 radical (unpaired) electrons. The van der Waals surface area contributed by atoms with Crippen molar-refractivity contribution in [2.75, 3.05) is 0 Å². The molecule has 0 heteroatoms. The molecule has 0 unspecified atom stereocenters. The lowest BCUT2D eigenvalue weighted by molar-refractivity contribution is 0.586.